The predicted octanol–water partition coefficient (Wildman–Crippen LogP) is 2.34. The summed E-state index contributed by atoms with van der Waals surface area (Å²) in [5.41, 5.74) is -0.809. The minimum absolute atomic E-state index is 0.550. The molecule has 0 aromatic heterocycles. The van der Waals surface area contributed by atoms with Gasteiger partial charge in [-0.2, -0.15) is 0 Å². The Morgan fingerprint density at radius 3 is 2.28 bits per heavy atom. The summed E-state index contributed by atoms with van der Waals surface area (Å²) < 4.78 is 0. The maximum atomic E-state index is 11.4. The number of rotatable bonds is 10. The van der Waals surface area contributed by atoms with Gasteiger partial charge in [-0.15, -0.1) is 0 Å². The number of aliphatic carboxylic acids is 1. The van der Waals surface area contributed by atoms with Crippen molar-refractivity contribution >= 4 is 5.97 Å². The molecule has 18 heavy (non-hydrogen) atoms. The summed E-state index contributed by atoms with van der Waals surface area (Å²) in [6, 6.07) is 0.550. The van der Waals surface area contributed by atoms with Crippen LogP contribution in [0, 0.1) is 0 Å². The zero-order valence-corrected chi connectivity index (χ0v) is 12.6. The van der Waals surface area contributed by atoms with Crippen LogP contribution in [0.5, 0.6) is 0 Å². The quantitative estimate of drug-likeness (QED) is 0.631. The lowest BCUT2D eigenvalue weighted by Crippen LogP contribution is -2.52. The van der Waals surface area contributed by atoms with Crippen molar-refractivity contribution in [2.24, 2.45) is 0 Å². The number of nitrogens with one attached hydrogen (secondary N) is 1. The Balaban J connectivity index is 4.38. The summed E-state index contributed by atoms with van der Waals surface area (Å²) in [6.07, 6.45) is 3.80. The summed E-state index contributed by atoms with van der Waals surface area (Å²) >= 11 is 0. The summed E-state index contributed by atoms with van der Waals surface area (Å²) in [6.45, 7) is 9.74. The summed E-state index contributed by atoms with van der Waals surface area (Å²) in [5.74, 6) is -0.756. The van der Waals surface area contributed by atoms with Crippen molar-refractivity contribution in [3.63, 3.8) is 0 Å². The third kappa shape index (κ3) is 5.36. The Labute approximate surface area is 112 Å². The molecule has 0 aliphatic heterocycles. The zero-order valence-electron chi connectivity index (χ0n) is 12.6. The predicted molar refractivity (Wildman–Crippen MR) is 76.0 cm³/mol. The first-order valence-corrected chi connectivity index (χ1v) is 7.09. The zero-order chi connectivity index (χ0) is 14.2. The number of hydrogen-bond acceptors (Lipinski definition) is 3. The molecule has 0 bridgehead atoms. The third-order valence-corrected chi connectivity index (χ3v) is 3.77. The molecule has 2 N–H and O–H groups in total. The van der Waals surface area contributed by atoms with Crippen LogP contribution in [-0.2, 0) is 4.79 Å². The number of hydrogen-bond donors (Lipinski definition) is 2. The molecule has 0 aliphatic rings. The molecule has 4 nitrogen and oxygen atoms in total. The molecule has 4 heteroatoms. The van der Waals surface area contributed by atoms with Crippen molar-refractivity contribution in [3.05, 3.63) is 0 Å². The van der Waals surface area contributed by atoms with Crippen LogP contribution in [-0.4, -0.2) is 47.7 Å². The van der Waals surface area contributed by atoms with Gasteiger partial charge < -0.3 is 15.3 Å². The molecule has 1 unspecified atom stereocenters. The molecule has 0 aromatic carbocycles. The second kappa shape index (κ2) is 8.48. The van der Waals surface area contributed by atoms with Crippen molar-refractivity contribution in [2.45, 2.75) is 65.0 Å². The minimum atomic E-state index is -0.809. The fourth-order valence-corrected chi connectivity index (χ4v) is 2.17. The lowest BCUT2D eigenvalue weighted by Gasteiger charge is -2.31. The monoisotopic (exact) mass is 258 g/mol. The smallest absolute Gasteiger partial charge is 0.323 e. The van der Waals surface area contributed by atoms with Gasteiger partial charge in [0.2, 0.25) is 0 Å². The van der Waals surface area contributed by atoms with E-state index in [1.165, 1.54) is 0 Å². The highest BCUT2D eigenvalue weighted by Gasteiger charge is 2.32. The van der Waals surface area contributed by atoms with Crippen LogP contribution in [0.25, 0.3) is 0 Å². The Kier molecular flexibility index (Phi) is 8.20. The average molecular weight is 258 g/mol. The number of carbonyl (C=O) groups is 1. The van der Waals surface area contributed by atoms with E-state index in [1.54, 1.807) is 6.92 Å². The highest BCUT2D eigenvalue weighted by atomic mass is 16.4. The fourth-order valence-electron chi connectivity index (χ4n) is 2.17. The van der Waals surface area contributed by atoms with E-state index in [0.717, 1.165) is 32.4 Å². The molecule has 108 valence electrons. The minimum Gasteiger partial charge on any atom is -0.480 e. The van der Waals surface area contributed by atoms with Crippen LogP contribution >= 0.6 is 0 Å². The highest BCUT2D eigenvalue weighted by Crippen LogP contribution is 2.14. The molecular formula is C14H30N2O2. The standard InChI is InChI=1S/C14H30N2O2/c1-6-10-15-14(4,13(17)18)9-11-16(5)12(7-2)8-3/h12,15H,6-11H2,1-5H3,(H,17,18). The molecule has 0 saturated heterocycles. The van der Waals surface area contributed by atoms with E-state index in [2.05, 4.69) is 31.1 Å². The van der Waals surface area contributed by atoms with E-state index >= 15 is 0 Å². The Morgan fingerprint density at radius 1 is 1.33 bits per heavy atom. The molecule has 0 radical (unpaired) electrons. The summed E-state index contributed by atoms with van der Waals surface area (Å²) in [7, 11) is 2.08. The number of carboxylic acid groups (broad SMARTS) is 1. The van der Waals surface area contributed by atoms with Gasteiger partial charge >= 0.3 is 5.97 Å². The van der Waals surface area contributed by atoms with Gasteiger partial charge in [0.05, 0.1) is 0 Å². The number of carboxylic acids is 1. The van der Waals surface area contributed by atoms with E-state index in [1.807, 2.05) is 6.92 Å². The van der Waals surface area contributed by atoms with Crippen molar-refractivity contribution < 1.29 is 9.90 Å². The molecule has 0 aromatic rings. The second-order valence-corrected chi connectivity index (χ2v) is 5.26. The lowest BCUT2D eigenvalue weighted by atomic mass is 9.96. The first-order valence-electron chi connectivity index (χ1n) is 7.09. The Morgan fingerprint density at radius 2 is 1.89 bits per heavy atom. The van der Waals surface area contributed by atoms with Crippen molar-refractivity contribution in [3.8, 4) is 0 Å². The second-order valence-electron chi connectivity index (χ2n) is 5.26. The first kappa shape index (κ1) is 17.4. The van der Waals surface area contributed by atoms with Crippen LogP contribution < -0.4 is 5.32 Å². The molecule has 0 fully saturated rings. The summed E-state index contributed by atoms with van der Waals surface area (Å²) in [4.78, 5) is 13.6. The van der Waals surface area contributed by atoms with Crippen LogP contribution in [0.1, 0.15) is 53.4 Å². The molecule has 0 aliphatic carbocycles. The number of nitrogens with zero attached hydrogens (tertiary/aromatic N) is 1. The van der Waals surface area contributed by atoms with Gasteiger partial charge in [-0.3, -0.25) is 4.79 Å². The Hall–Kier alpha value is -0.610. The molecular weight excluding hydrogens is 228 g/mol. The van der Waals surface area contributed by atoms with E-state index in [9.17, 15) is 9.90 Å². The topological polar surface area (TPSA) is 52.6 Å². The maximum Gasteiger partial charge on any atom is 0.323 e. The average Bonchev–Trinajstić information content (AvgIpc) is 2.35. The van der Waals surface area contributed by atoms with Gasteiger partial charge in [0.15, 0.2) is 0 Å². The SMILES string of the molecule is CCCNC(C)(CCN(C)C(CC)CC)C(=O)O. The van der Waals surface area contributed by atoms with Crippen molar-refractivity contribution in [1.82, 2.24) is 10.2 Å². The molecule has 0 heterocycles. The fraction of sp³-hybridized carbons (Fsp3) is 0.929. The van der Waals surface area contributed by atoms with Gasteiger partial charge in [0.1, 0.15) is 5.54 Å². The molecule has 0 saturated carbocycles. The maximum absolute atomic E-state index is 11.4. The van der Waals surface area contributed by atoms with Crippen LogP contribution in [0.4, 0.5) is 0 Å². The van der Waals surface area contributed by atoms with Crippen molar-refractivity contribution in [2.75, 3.05) is 20.1 Å². The lowest BCUT2D eigenvalue weighted by molar-refractivity contribution is -0.144. The van der Waals surface area contributed by atoms with Gasteiger partial charge in [0.25, 0.3) is 0 Å². The molecule has 0 amide bonds. The van der Waals surface area contributed by atoms with E-state index < -0.39 is 11.5 Å². The third-order valence-electron chi connectivity index (χ3n) is 3.77. The normalized spacial score (nSPS) is 15.1. The van der Waals surface area contributed by atoms with E-state index in [-0.39, 0.29) is 0 Å². The molecule has 0 rings (SSSR count). The van der Waals surface area contributed by atoms with E-state index in [4.69, 9.17) is 0 Å². The van der Waals surface area contributed by atoms with Crippen molar-refractivity contribution in [1.29, 1.82) is 0 Å². The summed E-state index contributed by atoms with van der Waals surface area (Å²) in [5, 5.41) is 12.5. The van der Waals surface area contributed by atoms with Gasteiger partial charge in [0, 0.05) is 12.6 Å². The molecule has 0 spiro atoms. The van der Waals surface area contributed by atoms with Crippen LogP contribution in [0.15, 0.2) is 0 Å². The van der Waals surface area contributed by atoms with Crippen LogP contribution in [0.3, 0.4) is 0 Å². The molecule has 1 atom stereocenters. The first-order chi connectivity index (χ1) is 8.41. The van der Waals surface area contributed by atoms with Gasteiger partial charge in [-0.1, -0.05) is 20.8 Å². The largest absolute Gasteiger partial charge is 0.480 e. The van der Waals surface area contributed by atoms with Gasteiger partial charge in [-0.25, -0.2) is 0 Å². The van der Waals surface area contributed by atoms with Gasteiger partial charge in [-0.05, 0) is 46.2 Å². The van der Waals surface area contributed by atoms with Crippen LogP contribution in [0.2, 0.25) is 0 Å². The van der Waals surface area contributed by atoms with E-state index in [0.29, 0.717) is 12.5 Å². The highest BCUT2D eigenvalue weighted by molar-refractivity contribution is 5.78. The Bertz CT molecular complexity index is 242.